The van der Waals surface area contributed by atoms with E-state index in [2.05, 4.69) is 119 Å². The Morgan fingerprint density at radius 3 is 0.692 bits per heavy atom. The summed E-state index contributed by atoms with van der Waals surface area (Å²) in [5.74, 6) is 3.41. The number of nitrogens with zero attached hydrogens (tertiary/aromatic N) is 2. The minimum absolute atomic E-state index is 0.632. The highest BCUT2D eigenvalue weighted by molar-refractivity contribution is 5.80. The van der Waals surface area contributed by atoms with Crippen LogP contribution in [0.25, 0.3) is 12.2 Å². The molecule has 6 heteroatoms. The van der Waals surface area contributed by atoms with Crippen LogP contribution in [0.5, 0.6) is 23.0 Å². The van der Waals surface area contributed by atoms with Crippen LogP contribution in [0.15, 0.2) is 146 Å². The second-order valence-electron chi connectivity index (χ2n) is 11.9. The Balaban J connectivity index is 1.22. The van der Waals surface area contributed by atoms with Gasteiger partial charge >= 0.3 is 0 Å². The number of rotatable bonds is 16. The molecule has 0 bridgehead atoms. The zero-order valence-electron chi connectivity index (χ0n) is 30.4. The van der Waals surface area contributed by atoms with E-state index in [0.717, 1.165) is 68.2 Å². The topological polar surface area (TPSA) is 43.4 Å². The zero-order chi connectivity index (χ0) is 36.1. The molecule has 0 unspecified atom stereocenters. The smallest absolute Gasteiger partial charge is 0.119 e. The molecule has 0 saturated carbocycles. The second-order valence-corrected chi connectivity index (χ2v) is 11.9. The molecular formula is C46H46N2O4. The van der Waals surface area contributed by atoms with Crippen molar-refractivity contribution < 1.29 is 18.9 Å². The molecule has 0 aliphatic rings. The van der Waals surface area contributed by atoms with Crippen LogP contribution in [0.3, 0.4) is 0 Å². The molecule has 6 rings (SSSR count). The number of benzene rings is 6. The molecule has 264 valence electrons. The quantitative estimate of drug-likeness (QED) is 0.0942. The first-order valence-corrected chi connectivity index (χ1v) is 18.0. The van der Waals surface area contributed by atoms with E-state index in [1.165, 1.54) is 0 Å². The summed E-state index contributed by atoms with van der Waals surface area (Å²) in [7, 11) is 0. The van der Waals surface area contributed by atoms with Gasteiger partial charge in [0, 0.05) is 34.1 Å². The summed E-state index contributed by atoms with van der Waals surface area (Å²) in [5, 5.41) is 0. The minimum Gasteiger partial charge on any atom is -0.494 e. The summed E-state index contributed by atoms with van der Waals surface area (Å²) in [6, 6.07) is 50.0. The molecule has 0 atom stereocenters. The van der Waals surface area contributed by atoms with Gasteiger partial charge in [0.15, 0.2) is 0 Å². The van der Waals surface area contributed by atoms with E-state index in [1.807, 2.05) is 76.2 Å². The van der Waals surface area contributed by atoms with Crippen molar-refractivity contribution in [3.63, 3.8) is 0 Å². The molecule has 0 fully saturated rings. The molecule has 6 nitrogen and oxygen atoms in total. The van der Waals surface area contributed by atoms with E-state index in [-0.39, 0.29) is 0 Å². The normalized spacial score (nSPS) is 10.9. The van der Waals surface area contributed by atoms with Crippen molar-refractivity contribution in [1.29, 1.82) is 0 Å². The summed E-state index contributed by atoms with van der Waals surface area (Å²) < 4.78 is 22.8. The monoisotopic (exact) mass is 690 g/mol. The lowest BCUT2D eigenvalue weighted by Crippen LogP contribution is -2.10. The average molecular weight is 691 g/mol. The van der Waals surface area contributed by atoms with E-state index >= 15 is 0 Å². The third kappa shape index (κ3) is 8.95. The Labute approximate surface area is 308 Å². The molecule has 0 aliphatic heterocycles. The maximum Gasteiger partial charge on any atom is 0.119 e. The fraction of sp³-hybridized carbons (Fsp3) is 0.174. The van der Waals surface area contributed by atoms with Crippen LogP contribution in [0.2, 0.25) is 0 Å². The first-order chi connectivity index (χ1) is 25.6. The fourth-order valence-corrected chi connectivity index (χ4v) is 5.99. The van der Waals surface area contributed by atoms with Crippen LogP contribution in [-0.2, 0) is 0 Å². The number of hydrogen-bond acceptors (Lipinski definition) is 6. The highest BCUT2D eigenvalue weighted by Crippen LogP contribution is 2.38. The molecule has 0 aliphatic carbocycles. The highest BCUT2D eigenvalue weighted by atomic mass is 16.5. The molecule has 0 heterocycles. The van der Waals surface area contributed by atoms with Gasteiger partial charge in [-0.2, -0.15) is 0 Å². The first kappa shape index (κ1) is 35.7. The molecule has 0 saturated heterocycles. The Hall–Kier alpha value is -6.14. The molecule has 0 aromatic heterocycles. The molecule has 0 radical (unpaired) electrons. The molecule has 0 amide bonds. The van der Waals surface area contributed by atoms with E-state index in [1.54, 1.807) is 0 Å². The van der Waals surface area contributed by atoms with Crippen LogP contribution in [0.4, 0.5) is 34.1 Å². The fourth-order valence-electron chi connectivity index (χ4n) is 5.99. The third-order valence-corrected chi connectivity index (χ3v) is 8.39. The maximum atomic E-state index is 5.70. The van der Waals surface area contributed by atoms with Crippen molar-refractivity contribution in [2.45, 2.75) is 27.7 Å². The third-order valence-electron chi connectivity index (χ3n) is 8.39. The summed E-state index contributed by atoms with van der Waals surface area (Å²) in [6.45, 7) is 10.5. The molecular weight excluding hydrogens is 645 g/mol. The van der Waals surface area contributed by atoms with Gasteiger partial charge in [0.25, 0.3) is 0 Å². The van der Waals surface area contributed by atoms with Gasteiger partial charge in [-0.1, -0.05) is 36.4 Å². The average Bonchev–Trinajstić information content (AvgIpc) is 3.18. The van der Waals surface area contributed by atoms with Crippen molar-refractivity contribution >= 4 is 46.3 Å². The SMILES string of the molecule is CCOc1ccc(N(c2ccc(/C=C/c3ccc(N(c4ccc(OCC)cc4)c4ccc(OCC)cc4)cc3)cc2)c2ccc(OCC)cc2)cc1. The maximum absolute atomic E-state index is 5.70. The van der Waals surface area contributed by atoms with Crippen LogP contribution >= 0.6 is 0 Å². The summed E-state index contributed by atoms with van der Waals surface area (Å²) >= 11 is 0. The van der Waals surface area contributed by atoms with Gasteiger partial charge in [0.2, 0.25) is 0 Å². The van der Waals surface area contributed by atoms with Gasteiger partial charge in [0.1, 0.15) is 23.0 Å². The predicted octanol–water partition coefficient (Wildman–Crippen LogP) is 12.4. The van der Waals surface area contributed by atoms with Gasteiger partial charge < -0.3 is 28.7 Å². The Morgan fingerprint density at radius 1 is 0.308 bits per heavy atom. The summed E-state index contributed by atoms with van der Waals surface area (Å²) in [6.07, 6.45) is 4.29. The van der Waals surface area contributed by atoms with Crippen LogP contribution < -0.4 is 28.7 Å². The van der Waals surface area contributed by atoms with Crippen molar-refractivity contribution in [3.05, 3.63) is 157 Å². The van der Waals surface area contributed by atoms with Crippen molar-refractivity contribution in [2.75, 3.05) is 36.2 Å². The van der Waals surface area contributed by atoms with E-state index < -0.39 is 0 Å². The standard InChI is InChI=1S/C46H46N2O4/c1-5-49-43-27-19-39(20-28-43)47(40-21-29-44(30-22-40)50-6-2)37-15-11-35(12-16-37)9-10-36-13-17-38(18-14-36)48(41-23-31-45(32-24-41)51-7-3)42-25-33-46(34-26-42)52-8-4/h9-34H,5-8H2,1-4H3/b10-9+. The molecule has 6 aromatic rings. The Morgan fingerprint density at radius 2 is 0.500 bits per heavy atom. The van der Waals surface area contributed by atoms with E-state index in [9.17, 15) is 0 Å². The van der Waals surface area contributed by atoms with E-state index in [0.29, 0.717) is 26.4 Å². The lowest BCUT2D eigenvalue weighted by Gasteiger charge is -2.26. The summed E-state index contributed by atoms with van der Waals surface area (Å²) in [5.41, 5.74) is 8.49. The number of hydrogen-bond donors (Lipinski definition) is 0. The van der Waals surface area contributed by atoms with Crippen LogP contribution in [-0.4, -0.2) is 26.4 Å². The van der Waals surface area contributed by atoms with Crippen LogP contribution in [0, 0.1) is 0 Å². The van der Waals surface area contributed by atoms with Gasteiger partial charge in [-0.25, -0.2) is 0 Å². The Bertz CT molecular complexity index is 1740. The number of ether oxygens (including phenoxy) is 4. The summed E-state index contributed by atoms with van der Waals surface area (Å²) in [4.78, 5) is 4.47. The largest absolute Gasteiger partial charge is 0.494 e. The first-order valence-electron chi connectivity index (χ1n) is 18.0. The zero-order valence-corrected chi connectivity index (χ0v) is 30.4. The molecule has 6 aromatic carbocycles. The highest BCUT2D eigenvalue weighted by Gasteiger charge is 2.15. The lowest BCUT2D eigenvalue weighted by molar-refractivity contribution is 0.340. The van der Waals surface area contributed by atoms with Gasteiger partial charge in [-0.15, -0.1) is 0 Å². The predicted molar refractivity (Wildman–Crippen MR) is 216 cm³/mol. The van der Waals surface area contributed by atoms with Gasteiger partial charge in [-0.05, 0) is 160 Å². The molecule has 52 heavy (non-hydrogen) atoms. The van der Waals surface area contributed by atoms with Crippen LogP contribution in [0.1, 0.15) is 38.8 Å². The number of anilines is 6. The van der Waals surface area contributed by atoms with E-state index in [4.69, 9.17) is 18.9 Å². The molecule has 0 spiro atoms. The van der Waals surface area contributed by atoms with Crippen molar-refractivity contribution in [1.82, 2.24) is 0 Å². The van der Waals surface area contributed by atoms with Crippen molar-refractivity contribution in [3.8, 4) is 23.0 Å². The Kier molecular flexibility index (Phi) is 12.1. The van der Waals surface area contributed by atoms with Gasteiger partial charge in [-0.3, -0.25) is 0 Å². The van der Waals surface area contributed by atoms with Crippen molar-refractivity contribution in [2.24, 2.45) is 0 Å². The molecule has 0 N–H and O–H groups in total. The van der Waals surface area contributed by atoms with Gasteiger partial charge in [0.05, 0.1) is 26.4 Å². The lowest BCUT2D eigenvalue weighted by atomic mass is 10.1. The minimum atomic E-state index is 0.632. The second kappa shape index (κ2) is 17.7.